The van der Waals surface area contributed by atoms with Crippen molar-refractivity contribution >= 4 is 29.2 Å². The van der Waals surface area contributed by atoms with Gasteiger partial charge in [-0.15, -0.1) is 0 Å². The van der Waals surface area contributed by atoms with Gasteiger partial charge in [-0.1, -0.05) is 43.1 Å². The van der Waals surface area contributed by atoms with Gasteiger partial charge in [0.1, 0.15) is 18.5 Å². The zero-order chi connectivity index (χ0) is 25.8. The molecule has 1 atom stereocenters. The number of unbranched alkanes of at least 4 members (excludes halogenated alkanes) is 1. The summed E-state index contributed by atoms with van der Waals surface area (Å²) in [5, 5.41) is 3.50. The molecule has 0 bridgehead atoms. The van der Waals surface area contributed by atoms with Crippen LogP contribution < -0.4 is 19.7 Å². The number of aromatic nitrogens is 2. The van der Waals surface area contributed by atoms with Gasteiger partial charge < -0.3 is 19.4 Å². The van der Waals surface area contributed by atoms with E-state index < -0.39 is 0 Å². The number of carbonyl (C=O) groups is 2. The number of nitrogens with zero attached hydrogens (tertiary/aromatic N) is 3. The van der Waals surface area contributed by atoms with E-state index in [9.17, 15) is 9.59 Å². The van der Waals surface area contributed by atoms with Crippen LogP contribution in [0.5, 0.6) is 11.5 Å². The molecule has 0 aliphatic carbocycles. The number of hydrogen-bond acceptors (Lipinski definition) is 5. The Balaban J connectivity index is 1.42. The summed E-state index contributed by atoms with van der Waals surface area (Å²) in [4.78, 5) is 33.8. The summed E-state index contributed by atoms with van der Waals surface area (Å²) in [7, 11) is 0. The van der Waals surface area contributed by atoms with E-state index >= 15 is 0 Å². The first-order chi connectivity index (χ1) is 18.0. The third kappa shape index (κ3) is 5.44. The van der Waals surface area contributed by atoms with Crippen molar-refractivity contribution in [2.75, 3.05) is 24.6 Å². The number of imidazole rings is 1. The Morgan fingerprint density at radius 1 is 1.16 bits per heavy atom. The van der Waals surface area contributed by atoms with E-state index in [-0.39, 0.29) is 24.5 Å². The van der Waals surface area contributed by atoms with Crippen LogP contribution in [0.25, 0.3) is 0 Å². The van der Waals surface area contributed by atoms with Crippen molar-refractivity contribution in [1.29, 1.82) is 0 Å². The summed E-state index contributed by atoms with van der Waals surface area (Å²) in [5.74, 6) is 2.09. The van der Waals surface area contributed by atoms with Crippen LogP contribution in [0.4, 0.5) is 5.82 Å². The molecule has 2 aliphatic rings. The molecule has 37 heavy (non-hydrogen) atoms. The van der Waals surface area contributed by atoms with Crippen molar-refractivity contribution < 1.29 is 19.1 Å². The Hall–Kier alpha value is -3.52. The molecule has 1 N–H and O–H groups in total. The molecule has 8 nitrogen and oxygen atoms in total. The second-order valence-corrected chi connectivity index (χ2v) is 9.77. The van der Waals surface area contributed by atoms with E-state index in [1.54, 1.807) is 29.2 Å². The molecule has 2 amide bonds. The highest BCUT2D eigenvalue weighted by Gasteiger charge is 2.32. The van der Waals surface area contributed by atoms with E-state index in [0.29, 0.717) is 53.3 Å². The van der Waals surface area contributed by atoms with Gasteiger partial charge in [0.25, 0.3) is 11.8 Å². The Kier molecular flexibility index (Phi) is 7.65. The summed E-state index contributed by atoms with van der Waals surface area (Å²) in [6, 6.07) is 14.4. The second-order valence-electron chi connectivity index (χ2n) is 9.34. The predicted molar refractivity (Wildman–Crippen MR) is 142 cm³/mol. The fourth-order valence-electron chi connectivity index (χ4n) is 4.73. The third-order valence-corrected chi connectivity index (χ3v) is 6.88. The molecule has 0 radical (unpaired) electrons. The SMILES string of the molecule is CCCCN(C(=O)c1cccc(Cl)c1)c1nc2n(c1C(=O)NCC1COc3ccccc3O1)CCCC2. The van der Waals surface area contributed by atoms with E-state index in [2.05, 4.69) is 12.2 Å². The quantitative estimate of drug-likeness (QED) is 0.455. The Morgan fingerprint density at radius 3 is 2.81 bits per heavy atom. The molecule has 0 saturated heterocycles. The van der Waals surface area contributed by atoms with E-state index in [4.69, 9.17) is 26.1 Å². The van der Waals surface area contributed by atoms with Gasteiger partial charge in [-0.2, -0.15) is 0 Å². The predicted octanol–water partition coefficient (Wildman–Crippen LogP) is 4.89. The molecule has 1 unspecified atom stereocenters. The molecular formula is C28H31ClN4O4. The van der Waals surface area contributed by atoms with Crippen LogP contribution in [-0.2, 0) is 13.0 Å². The summed E-state index contributed by atoms with van der Waals surface area (Å²) >= 11 is 6.18. The molecule has 0 fully saturated rings. The first-order valence-corrected chi connectivity index (χ1v) is 13.3. The topological polar surface area (TPSA) is 85.7 Å². The number of amides is 2. The number of hydrogen-bond donors (Lipinski definition) is 1. The maximum atomic E-state index is 13.7. The zero-order valence-electron chi connectivity index (χ0n) is 20.9. The number of halogens is 1. The second kappa shape index (κ2) is 11.3. The molecule has 0 spiro atoms. The molecule has 0 saturated carbocycles. The number of rotatable bonds is 8. The van der Waals surface area contributed by atoms with Crippen LogP contribution in [0, 0.1) is 0 Å². The van der Waals surface area contributed by atoms with Gasteiger partial charge in [-0.3, -0.25) is 14.5 Å². The molecule has 2 aliphatic heterocycles. The molecule has 5 rings (SSSR count). The summed E-state index contributed by atoms with van der Waals surface area (Å²) in [6.45, 7) is 3.82. The van der Waals surface area contributed by atoms with Crippen LogP contribution in [0.3, 0.4) is 0 Å². The maximum Gasteiger partial charge on any atom is 0.271 e. The van der Waals surface area contributed by atoms with Crippen LogP contribution in [0.1, 0.15) is 59.3 Å². The minimum atomic E-state index is -0.324. The highest BCUT2D eigenvalue weighted by molar-refractivity contribution is 6.31. The number of fused-ring (bicyclic) bond motifs is 2. The minimum Gasteiger partial charge on any atom is -0.486 e. The van der Waals surface area contributed by atoms with Crippen LogP contribution in [0.15, 0.2) is 48.5 Å². The van der Waals surface area contributed by atoms with Gasteiger partial charge in [-0.25, -0.2) is 4.98 Å². The first kappa shape index (κ1) is 25.1. The number of ether oxygens (including phenoxy) is 2. The van der Waals surface area contributed by atoms with Gasteiger partial charge in [0, 0.05) is 30.1 Å². The van der Waals surface area contributed by atoms with E-state index in [0.717, 1.165) is 37.9 Å². The highest BCUT2D eigenvalue weighted by atomic mass is 35.5. The number of para-hydroxylation sites is 2. The van der Waals surface area contributed by atoms with E-state index in [1.807, 2.05) is 28.8 Å². The number of aryl methyl sites for hydroxylation is 1. The average molecular weight is 523 g/mol. The summed E-state index contributed by atoms with van der Waals surface area (Å²) in [6.07, 6.45) is 4.08. The largest absolute Gasteiger partial charge is 0.486 e. The summed E-state index contributed by atoms with van der Waals surface area (Å²) < 4.78 is 13.8. The van der Waals surface area contributed by atoms with Crippen molar-refractivity contribution in [3.63, 3.8) is 0 Å². The monoisotopic (exact) mass is 522 g/mol. The smallest absolute Gasteiger partial charge is 0.271 e. The number of nitrogens with one attached hydrogen (secondary N) is 1. The van der Waals surface area contributed by atoms with Crippen molar-refractivity contribution in [3.05, 3.63) is 70.6 Å². The lowest BCUT2D eigenvalue weighted by Gasteiger charge is -2.27. The minimum absolute atomic E-state index is 0.221. The molecule has 194 valence electrons. The Morgan fingerprint density at radius 2 is 2.00 bits per heavy atom. The van der Waals surface area contributed by atoms with Crippen molar-refractivity contribution in [3.8, 4) is 11.5 Å². The first-order valence-electron chi connectivity index (χ1n) is 12.9. The standard InChI is InChI=1S/C28H31ClN4O4/c1-2-3-14-33(28(35)19-9-8-10-20(29)16-19)26-25(32-15-7-6-13-24(32)31-26)27(34)30-17-21-18-36-22-11-4-5-12-23(22)37-21/h4-5,8-12,16,21H,2-3,6-7,13-15,17-18H2,1H3,(H,30,34). The zero-order valence-corrected chi connectivity index (χ0v) is 21.7. The lowest BCUT2D eigenvalue weighted by atomic mass is 10.1. The van der Waals surface area contributed by atoms with Gasteiger partial charge in [0.05, 0.1) is 6.54 Å². The van der Waals surface area contributed by atoms with Crippen LogP contribution >= 0.6 is 11.6 Å². The normalized spacial score (nSPS) is 16.1. The van der Waals surface area contributed by atoms with Crippen molar-refractivity contribution in [2.45, 2.75) is 51.7 Å². The molecular weight excluding hydrogens is 492 g/mol. The van der Waals surface area contributed by atoms with Crippen molar-refractivity contribution in [1.82, 2.24) is 14.9 Å². The average Bonchev–Trinajstić information content (AvgIpc) is 3.31. The number of carbonyl (C=O) groups excluding carboxylic acids is 2. The maximum absolute atomic E-state index is 13.7. The third-order valence-electron chi connectivity index (χ3n) is 6.64. The van der Waals surface area contributed by atoms with Gasteiger partial charge in [0.2, 0.25) is 0 Å². The molecule has 9 heteroatoms. The fraction of sp³-hybridized carbons (Fsp3) is 0.393. The van der Waals surface area contributed by atoms with Gasteiger partial charge in [0.15, 0.2) is 23.0 Å². The van der Waals surface area contributed by atoms with Crippen LogP contribution in [0.2, 0.25) is 5.02 Å². The molecule has 3 heterocycles. The van der Waals surface area contributed by atoms with Crippen molar-refractivity contribution in [2.24, 2.45) is 0 Å². The lowest BCUT2D eigenvalue weighted by Crippen LogP contribution is -2.42. The number of anilines is 1. The lowest BCUT2D eigenvalue weighted by molar-refractivity contribution is 0.0783. The van der Waals surface area contributed by atoms with Gasteiger partial charge >= 0.3 is 0 Å². The van der Waals surface area contributed by atoms with E-state index in [1.165, 1.54) is 0 Å². The fourth-order valence-corrected chi connectivity index (χ4v) is 4.92. The molecule has 2 aromatic carbocycles. The number of benzene rings is 2. The highest BCUT2D eigenvalue weighted by Crippen LogP contribution is 2.31. The van der Waals surface area contributed by atoms with Gasteiger partial charge in [-0.05, 0) is 49.6 Å². The molecule has 1 aromatic heterocycles. The van der Waals surface area contributed by atoms with Crippen LogP contribution in [-0.4, -0.2) is 47.2 Å². The Bertz CT molecular complexity index is 1290. The molecule has 3 aromatic rings. The summed E-state index contributed by atoms with van der Waals surface area (Å²) in [5.41, 5.74) is 0.880. The Labute approximate surface area is 221 Å².